The molecule has 0 heterocycles. The molecule has 0 aliphatic rings. The molecule has 0 unspecified atom stereocenters. The Morgan fingerprint density at radius 3 is 2.17 bits per heavy atom. The van der Waals surface area contributed by atoms with E-state index in [1.165, 1.54) is 19.2 Å². The second-order valence-corrected chi connectivity index (χ2v) is 11.7. The third kappa shape index (κ3) is 6.09. The van der Waals surface area contributed by atoms with Crippen LogP contribution in [0.3, 0.4) is 0 Å². The van der Waals surface area contributed by atoms with Crippen LogP contribution in [-0.2, 0) is 20.2 Å². The van der Waals surface area contributed by atoms with Gasteiger partial charge in [-0.3, -0.25) is 19.5 Å². The largest absolute Gasteiger partial charge is 0.508 e. The van der Waals surface area contributed by atoms with Crippen LogP contribution in [0.15, 0.2) is 74.6 Å². The molecule has 0 amide bonds. The molecule has 0 saturated carbocycles. The van der Waals surface area contributed by atoms with Crippen LogP contribution in [0.1, 0.15) is 5.56 Å². The number of ether oxygens (including phenoxy) is 1. The third-order valence-corrected chi connectivity index (χ3v) is 7.74. The standard InChI is InChI=1S/C25H25N5O9S2/c1-13-8-20(21(39-3)12-19(13)29-30(2)15-4-6-16(31)7-5-15)27-28-24-22(41(36,37)38)10-14-9-17(40(33,34)35)11-18(26)23(14)25(24)32/h4-12,29,31-32H,26H2,1-3H3,(H,33,34,35)(H,36,37,38)/b28-27+. The van der Waals surface area contributed by atoms with E-state index in [1.54, 1.807) is 43.2 Å². The summed E-state index contributed by atoms with van der Waals surface area (Å²) in [7, 11) is -6.60. The highest BCUT2D eigenvalue weighted by Crippen LogP contribution is 2.45. The molecule has 14 nitrogen and oxygen atoms in total. The number of methoxy groups -OCH3 is 1. The van der Waals surface area contributed by atoms with E-state index in [1.807, 2.05) is 0 Å². The molecule has 4 rings (SSSR count). The van der Waals surface area contributed by atoms with Crippen LogP contribution < -0.4 is 20.9 Å². The first-order valence-electron chi connectivity index (χ1n) is 11.5. The number of hydrogen-bond acceptors (Lipinski definition) is 12. The molecule has 0 radical (unpaired) electrons. The van der Waals surface area contributed by atoms with Crippen LogP contribution in [0.5, 0.6) is 17.2 Å². The predicted molar refractivity (Wildman–Crippen MR) is 152 cm³/mol. The summed E-state index contributed by atoms with van der Waals surface area (Å²) in [5.74, 6) is -0.468. The van der Waals surface area contributed by atoms with E-state index < -0.39 is 41.5 Å². The summed E-state index contributed by atoms with van der Waals surface area (Å²) in [5.41, 5.74) is 10.3. The van der Waals surface area contributed by atoms with E-state index in [0.717, 1.165) is 23.9 Å². The first-order valence-corrected chi connectivity index (χ1v) is 14.4. The van der Waals surface area contributed by atoms with Gasteiger partial charge >= 0.3 is 0 Å². The number of azo groups is 1. The van der Waals surface area contributed by atoms with Crippen molar-refractivity contribution in [3.63, 3.8) is 0 Å². The predicted octanol–water partition coefficient (Wildman–Crippen LogP) is 4.52. The Bertz CT molecular complexity index is 1910. The number of benzene rings is 4. The van der Waals surface area contributed by atoms with Crippen molar-refractivity contribution in [1.29, 1.82) is 0 Å². The lowest BCUT2D eigenvalue weighted by molar-refractivity contribution is 0.416. The van der Waals surface area contributed by atoms with Crippen LogP contribution in [0, 0.1) is 6.92 Å². The number of rotatable bonds is 8. The van der Waals surface area contributed by atoms with E-state index in [9.17, 15) is 36.2 Å². The summed E-state index contributed by atoms with van der Waals surface area (Å²) in [4.78, 5) is -1.54. The van der Waals surface area contributed by atoms with E-state index in [-0.39, 0.29) is 33.6 Å². The van der Waals surface area contributed by atoms with Gasteiger partial charge in [0.05, 0.1) is 23.4 Å². The van der Waals surface area contributed by atoms with E-state index in [0.29, 0.717) is 11.3 Å². The summed E-state index contributed by atoms with van der Waals surface area (Å²) in [6.45, 7) is 1.76. The maximum absolute atomic E-state index is 12.2. The van der Waals surface area contributed by atoms with Crippen LogP contribution in [0.2, 0.25) is 0 Å². The summed E-state index contributed by atoms with van der Waals surface area (Å²) in [5, 5.41) is 29.7. The Morgan fingerprint density at radius 1 is 0.927 bits per heavy atom. The lowest BCUT2D eigenvalue weighted by Crippen LogP contribution is -2.25. The second kappa shape index (κ2) is 10.7. The van der Waals surface area contributed by atoms with Crippen molar-refractivity contribution in [2.45, 2.75) is 16.7 Å². The number of anilines is 3. The van der Waals surface area contributed by atoms with Gasteiger partial charge < -0.3 is 20.7 Å². The lowest BCUT2D eigenvalue weighted by Gasteiger charge is -2.23. The number of nitrogens with two attached hydrogens (primary N) is 1. The number of hydrogen-bond donors (Lipinski definition) is 6. The Morgan fingerprint density at radius 2 is 1.59 bits per heavy atom. The Labute approximate surface area is 234 Å². The van der Waals surface area contributed by atoms with Crippen molar-refractivity contribution in [2.75, 3.05) is 30.3 Å². The van der Waals surface area contributed by atoms with Gasteiger partial charge in [-0.25, -0.2) is 0 Å². The SMILES string of the molecule is COc1cc(NN(C)c2ccc(O)cc2)c(C)cc1/N=N/c1c(S(=O)(=O)O)cc2cc(S(=O)(=O)O)cc(N)c2c1O. The van der Waals surface area contributed by atoms with Crippen LogP contribution in [-0.4, -0.2) is 50.3 Å². The molecule has 4 aromatic carbocycles. The highest BCUT2D eigenvalue weighted by Gasteiger charge is 2.25. The molecule has 0 aliphatic heterocycles. The van der Waals surface area contributed by atoms with Gasteiger partial charge in [-0.05, 0) is 66.4 Å². The molecule has 41 heavy (non-hydrogen) atoms. The van der Waals surface area contributed by atoms with Gasteiger partial charge in [0, 0.05) is 24.2 Å². The number of hydrazine groups is 1. The van der Waals surface area contributed by atoms with Crippen LogP contribution >= 0.6 is 0 Å². The second-order valence-electron chi connectivity index (χ2n) is 8.86. The van der Waals surface area contributed by atoms with Gasteiger partial charge in [-0.2, -0.15) is 16.8 Å². The van der Waals surface area contributed by atoms with Crippen molar-refractivity contribution >= 4 is 59.4 Å². The fourth-order valence-electron chi connectivity index (χ4n) is 3.99. The molecule has 0 bridgehead atoms. The fraction of sp³-hybridized carbons (Fsp3) is 0.120. The molecule has 0 saturated heterocycles. The van der Waals surface area contributed by atoms with E-state index in [4.69, 9.17) is 10.5 Å². The van der Waals surface area contributed by atoms with Crippen molar-refractivity contribution in [1.82, 2.24) is 0 Å². The number of phenols is 2. The Kier molecular flexibility index (Phi) is 7.68. The molecule has 0 atom stereocenters. The average Bonchev–Trinajstić information content (AvgIpc) is 2.88. The van der Waals surface area contributed by atoms with Gasteiger partial charge in [0.25, 0.3) is 20.2 Å². The van der Waals surface area contributed by atoms with Crippen molar-refractivity contribution in [3.8, 4) is 17.2 Å². The maximum Gasteiger partial charge on any atom is 0.296 e. The summed E-state index contributed by atoms with van der Waals surface area (Å²) in [6, 6.07) is 12.3. The Balaban J connectivity index is 1.80. The minimum atomic E-state index is -5.02. The van der Waals surface area contributed by atoms with Gasteiger partial charge in [0.15, 0.2) is 5.75 Å². The topological polar surface area (TPSA) is 224 Å². The van der Waals surface area contributed by atoms with Crippen molar-refractivity contribution < 1.29 is 40.9 Å². The highest BCUT2D eigenvalue weighted by molar-refractivity contribution is 7.86. The molecule has 7 N–H and O–H groups in total. The zero-order valence-electron chi connectivity index (χ0n) is 21.8. The zero-order chi connectivity index (χ0) is 30.3. The first-order chi connectivity index (χ1) is 19.1. The highest BCUT2D eigenvalue weighted by atomic mass is 32.2. The monoisotopic (exact) mass is 603 g/mol. The van der Waals surface area contributed by atoms with Gasteiger partial charge in [-0.1, -0.05) is 0 Å². The quantitative estimate of drug-likeness (QED) is 0.0707. The number of aryl methyl sites for hydroxylation is 1. The molecule has 0 aromatic heterocycles. The third-order valence-electron chi connectivity index (χ3n) is 6.04. The molecular weight excluding hydrogens is 578 g/mol. The molecule has 4 aromatic rings. The molecular formula is C25H25N5O9S2. The minimum absolute atomic E-state index is 0.120. The average molecular weight is 604 g/mol. The molecule has 0 aliphatic carbocycles. The van der Waals surface area contributed by atoms with Gasteiger partial charge in [0.1, 0.15) is 27.8 Å². The molecule has 0 spiro atoms. The van der Waals surface area contributed by atoms with E-state index in [2.05, 4.69) is 15.7 Å². The molecule has 0 fully saturated rings. The fourth-order valence-corrected chi connectivity index (χ4v) is 5.20. The lowest BCUT2D eigenvalue weighted by atomic mass is 10.1. The smallest absolute Gasteiger partial charge is 0.296 e. The number of nitrogen functional groups attached to an aromatic ring is 1. The number of nitrogens with one attached hydrogen (secondary N) is 1. The molecule has 216 valence electrons. The zero-order valence-corrected chi connectivity index (χ0v) is 23.4. The van der Waals surface area contributed by atoms with E-state index >= 15 is 0 Å². The number of aromatic hydroxyl groups is 2. The number of nitrogens with zero attached hydrogens (tertiary/aromatic N) is 3. The molecule has 16 heteroatoms. The Hall–Kier alpha value is -4.64. The summed E-state index contributed by atoms with van der Waals surface area (Å²) < 4.78 is 72.2. The number of phenolic OH excluding ortho intramolecular Hbond substituents is 2. The van der Waals surface area contributed by atoms with Crippen molar-refractivity contribution in [3.05, 3.63) is 60.2 Å². The van der Waals surface area contributed by atoms with Crippen molar-refractivity contribution in [2.24, 2.45) is 10.2 Å². The summed E-state index contributed by atoms with van der Waals surface area (Å²) >= 11 is 0. The summed E-state index contributed by atoms with van der Waals surface area (Å²) in [6.07, 6.45) is 0. The van der Waals surface area contributed by atoms with Gasteiger partial charge in [0.2, 0.25) is 0 Å². The van der Waals surface area contributed by atoms with Crippen LogP contribution in [0.25, 0.3) is 10.8 Å². The van der Waals surface area contributed by atoms with Gasteiger partial charge in [-0.15, -0.1) is 10.2 Å². The first kappa shape index (κ1) is 29.3. The maximum atomic E-state index is 12.2. The van der Waals surface area contributed by atoms with Crippen LogP contribution in [0.4, 0.5) is 28.4 Å². The minimum Gasteiger partial charge on any atom is -0.508 e. The number of fused-ring (bicyclic) bond motifs is 1. The normalized spacial score (nSPS) is 12.1.